The highest BCUT2D eigenvalue weighted by Gasteiger charge is 2.10. The Morgan fingerprint density at radius 1 is 1.53 bits per heavy atom. The Bertz CT molecular complexity index is 208. The lowest BCUT2D eigenvalue weighted by Crippen LogP contribution is -2.36. The third-order valence-corrected chi connectivity index (χ3v) is 1.68. The van der Waals surface area contributed by atoms with Gasteiger partial charge in [-0.2, -0.15) is 0 Å². The summed E-state index contributed by atoms with van der Waals surface area (Å²) in [6.45, 7) is 2.30. The summed E-state index contributed by atoms with van der Waals surface area (Å²) in [5.74, 6) is -0.518. The second kappa shape index (κ2) is 8.05. The number of rotatable bonds is 7. The molecular weight excluding hydrogens is 200 g/mol. The summed E-state index contributed by atoms with van der Waals surface area (Å²) in [4.78, 5) is 21.3. The van der Waals surface area contributed by atoms with Crippen LogP contribution in [0.1, 0.15) is 32.6 Å². The molecule has 0 rings (SSSR count). The number of unbranched alkanes of at least 4 members (excludes halogenated alkanes) is 1. The Kier molecular flexibility index (Phi) is 7.35. The Morgan fingerprint density at radius 2 is 2.20 bits per heavy atom. The molecule has 0 aliphatic carbocycles. The van der Waals surface area contributed by atoms with Crippen molar-refractivity contribution < 1.29 is 19.4 Å². The smallest absolute Gasteiger partial charge is 0.409 e. The van der Waals surface area contributed by atoms with Crippen LogP contribution in [-0.2, 0) is 9.53 Å². The van der Waals surface area contributed by atoms with E-state index in [9.17, 15) is 14.7 Å². The standard InChI is InChI=1S/C9H18N2O4/c1-2-3-6-15-9(14)11-8(13)5-4-7(10)12/h8,13H,2-6H2,1H3,(H2,10,12)(H,11,14). The van der Waals surface area contributed by atoms with Gasteiger partial charge in [0.1, 0.15) is 6.23 Å². The Balaban J connectivity index is 3.53. The number of primary amides is 1. The number of ether oxygens (including phenoxy) is 1. The molecule has 0 fully saturated rings. The number of carbonyl (C=O) groups excluding carboxylic acids is 2. The van der Waals surface area contributed by atoms with E-state index in [2.05, 4.69) is 5.32 Å². The topological polar surface area (TPSA) is 102 Å². The van der Waals surface area contributed by atoms with E-state index < -0.39 is 18.2 Å². The van der Waals surface area contributed by atoms with Gasteiger partial charge in [0.2, 0.25) is 5.91 Å². The predicted molar refractivity (Wildman–Crippen MR) is 53.8 cm³/mol. The Morgan fingerprint density at radius 3 is 2.73 bits per heavy atom. The quantitative estimate of drug-likeness (QED) is 0.416. The van der Waals surface area contributed by atoms with Crippen molar-refractivity contribution >= 4 is 12.0 Å². The number of carbonyl (C=O) groups is 2. The highest BCUT2D eigenvalue weighted by Crippen LogP contribution is 1.94. The van der Waals surface area contributed by atoms with Gasteiger partial charge in [-0.15, -0.1) is 0 Å². The van der Waals surface area contributed by atoms with Crippen molar-refractivity contribution in [2.24, 2.45) is 5.73 Å². The first-order chi connectivity index (χ1) is 7.06. The van der Waals surface area contributed by atoms with Crippen molar-refractivity contribution in [2.75, 3.05) is 6.61 Å². The number of amides is 2. The zero-order chi connectivity index (χ0) is 11.7. The van der Waals surface area contributed by atoms with Gasteiger partial charge in [0, 0.05) is 12.8 Å². The van der Waals surface area contributed by atoms with Gasteiger partial charge in [0.15, 0.2) is 0 Å². The first-order valence-electron chi connectivity index (χ1n) is 4.96. The third-order valence-electron chi connectivity index (χ3n) is 1.68. The van der Waals surface area contributed by atoms with Gasteiger partial charge in [-0.05, 0) is 6.42 Å². The van der Waals surface area contributed by atoms with Crippen LogP contribution in [-0.4, -0.2) is 29.9 Å². The van der Waals surface area contributed by atoms with Crippen molar-refractivity contribution in [1.82, 2.24) is 5.32 Å². The molecular formula is C9H18N2O4. The van der Waals surface area contributed by atoms with E-state index >= 15 is 0 Å². The van der Waals surface area contributed by atoms with Crippen molar-refractivity contribution in [3.8, 4) is 0 Å². The van der Waals surface area contributed by atoms with Gasteiger partial charge < -0.3 is 15.6 Å². The summed E-state index contributed by atoms with van der Waals surface area (Å²) >= 11 is 0. The molecule has 0 bridgehead atoms. The summed E-state index contributed by atoms with van der Waals surface area (Å²) in [7, 11) is 0. The van der Waals surface area contributed by atoms with Crippen LogP contribution in [0, 0.1) is 0 Å². The molecule has 0 heterocycles. The lowest BCUT2D eigenvalue weighted by molar-refractivity contribution is -0.118. The summed E-state index contributed by atoms with van der Waals surface area (Å²) in [5, 5.41) is 11.4. The van der Waals surface area contributed by atoms with Crippen LogP contribution < -0.4 is 11.1 Å². The molecule has 0 aromatic rings. The van der Waals surface area contributed by atoms with Gasteiger partial charge >= 0.3 is 6.09 Å². The molecule has 0 aromatic carbocycles. The summed E-state index contributed by atoms with van der Waals surface area (Å²) in [6.07, 6.45) is 0.0590. The fourth-order valence-corrected chi connectivity index (χ4v) is 0.838. The van der Waals surface area contributed by atoms with Crippen LogP contribution in [0.3, 0.4) is 0 Å². The molecule has 6 heteroatoms. The fraction of sp³-hybridized carbons (Fsp3) is 0.778. The second-order valence-electron chi connectivity index (χ2n) is 3.15. The minimum absolute atomic E-state index is 0.0242. The maximum atomic E-state index is 11.0. The number of alkyl carbamates (subject to hydrolysis) is 1. The minimum atomic E-state index is -1.09. The molecule has 0 aliphatic rings. The van der Waals surface area contributed by atoms with Crippen LogP contribution in [0.2, 0.25) is 0 Å². The number of nitrogens with two attached hydrogens (primary N) is 1. The van der Waals surface area contributed by atoms with E-state index in [1.807, 2.05) is 6.92 Å². The Hall–Kier alpha value is -1.30. The van der Waals surface area contributed by atoms with E-state index in [-0.39, 0.29) is 12.8 Å². The maximum Gasteiger partial charge on any atom is 0.409 e. The molecule has 0 spiro atoms. The van der Waals surface area contributed by atoms with Gasteiger partial charge in [-0.1, -0.05) is 13.3 Å². The number of nitrogens with one attached hydrogen (secondary N) is 1. The first-order valence-corrected chi connectivity index (χ1v) is 4.96. The van der Waals surface area contributed by atoms with Gasteiger partial charge in [-0.3, -0.25) is 10.1 Å². The highest BCUT2D eigenvalue weighted by atomic mass is 16.5. The second-order valence-corrected chi connectivity index (χ2v) is 3.15. The number of hydrogen-bond donors (Lipinski definition) is 3. The van der Waals surface area contributed by atoms with Crippen LogP contribution in [0.4, 0.5) is 4.79 Å². The number of hydrogen-bond acceptors (Lipinski definition) is 4. The first kappa shape index (κ1) is 13.7. The van der Waals surface area contributed by atoms with Crippen LogP contribution in [0.25, 0.3) is 0 Å². The van der Waals surface area contributed by atoms with E-state index in [1.54, 1.807) is 0 Å². The lowest BCUT2D eigenvalue weighted by Gasteiger charge is -2.11. The largest absolute Gasteiger partial charge is 0.450 e. The van der Waals surface area contributed by atoms with Crippen LogP contribution in [0.15, 0.2) is 0 Å². The number of aliphatic hydroxyl groups excluding tert-OH is 1. The molecule has 4 N–H and O–H groups in total. The van der Waals surface area contributed by atoms with Gasteiger partial charge in [0.05, 0.1) is 6.61 Å². The average molecular weight is 218 g/mol. The van der Waals surface area contributed by atoms with E-state index in [4.69, 9.17) is 10.5 Å². The van der Waals surface area contributed by atoms with Gasteiger partial charge in [0.25, 0.3) is 0 Å². The fourth-order valence-electron chi connectivity index (χ4n) is 0.838. The van der Waals surface area contributed by atoms with E-state index in [1.165, 1.54) is 0 Å². The molecule has 88 valence electrons. The normalized spacial score (nSPS) is 11.9. The minimum Gasteiger partial charge on any atom is -0.450 e. The van der Waals surface area contributed by atoms with Crippen molar-refractivity contribution in [2.45, 2.75) is 38.8 Å². The van der Waals surface area contributed by atoms with Gasteiger partial charge in [-0.25, -0.2) is 4.79 Å². The maximum absolute atomic E-state index is 11.0. The zero-order valence-electron chi connectivity index (χ0n) is 8.86. The summed E-state index contributed by atoms with van der Waals surface area (Å²) in [6, 6.07) is 0. The van der Waals surface area contributed by atoms with Crippen LogP contribution >= 0.6 is 0 Å². The molecule has 2 amide bonds. The molecule has 15 heavy (non-hydrogen) atoms. The summed E-state index contributed by atoms with van der Waals surface area (Å²) in [5.41, 5.74) is 4.88. The molecule has 1 atom stereocenters. The Labute approximate surface area is 88.8 Å². The molecule has 0 aliphatic heterocycles. The van der Waals surface area contributed by atoms with Crippen LogP contribution in [0.5, 0.6) is 0 Å². The predicted octanol–water partition coefficient (Wildman–Crippen LogP) is 0.0966. The average Bonchev–Trinajstić information content (AvgIpc) is 2.15. The highest BCUT2D eigenvalue weighted by molar-refractivity contribution is 5.73. The third kappa shape index (κ3) is 9.01. The lowest BCUT2D eigenvalue weighted by atomic mass is 10.3. The SMILES string of the molecule is CCCCOC(=O)NC(O)CCC(N)=O. The molecule has 0 saturated heterocycles. The monoisotopic (exact) mass is 218 g/mol. The van der Waals surface area contributed by atoms with Crippen molar-refractivity contribution in [3.63, 3.8) is 0 Å². The molecule has 1 unspecified atom stereocenters. The zero-order valence-corrected chi connectivity index (χ0v) is 8.86. The summed E-state index contributed by atoms with van der Waals surface area (Å²) < 4.78 is 4.73. The van der Waals surface area contributed by atoms with E-state index in [0.717, 1.165) is 12.8 Å². The van der Waals surface area contributed by atoms with Crippen molar-refractivity contribution in [3.05, 3.63) is 0 Å². The van der Waals surface area contributed by atoms with E-state index in [0.29, 0.717) is 6.61 Å². The molecule has 0 saturated carbocycles. The molecule has 0 aromatic heterocycles. The van der Waals surface area contributed by atoms with Crippen molar-refractivity contribution in [1.29, 1.82) is 0 Å². The molecule has 0 radical (unpaired) electrons. The number of aliphatic hydroxyl groups is 1. The molecule has 6 nitrogen and oxygen atoms in total.